The van der Waals surface area contributed by atoms with Gasteiger partial charge in [0.25, 0.3) is 0 Å². The Kier molecular flexibility index (Phi) is 9.25. The number of hydrogen-bond donors (Lipinski definition) is 0. The monoisotopic (exact) mass is 186 g/mol. The Hall–Kier alpha value is 0.0900. The van der Waals surface area contributed by atoms with Crippen molar-refractivity contribution in [1.29, 1.82) is 0 Å². The zero-order valence-electron chi connectivity index (χ0n) is 8.51. The molecule has 0 heterocycles. The van der Waals surface area contributed by atoms with Gasteiger partial charge in [0, 0.05) is 0 Å². The van der Waals surface area contributed by atoms with Crippen LogP contribution in [-0.2, 0) is 0 Å². The first-order valence-electron chi connectivity index (χ1n) is 4.99. The number of thioether (sulfide) groups is 1. The third kappa shape index (κ3) is 8.19. The standard InChI is InChI=1S/C11H22S/c1-4-6-7-9-12-10-11(3)8-5-2/h5,11H,2,4,6-10H2,1,3H3. The number of unbranched alkanes of at least 4 members (excludes halogenated alkanes) is 2. The molecule has 0 aromatic carbocycles. The molecule has 0 bridgehead atoms. The van der Waals surface area contributed by atoms with E-state index < -0.39 is 0 Å². The molecule has 0 amide bonds. The fourth-order valence-electron chi connectivity index (χ4n) is 1.09. The second-order valence-electron chi connectivity index (χ2n) is 3.41. The van der Waals surface area contributed by atoms with Crippen LogP contribution in [-0.4, -0.2) is 11.5 Å². The Balaban J connectivity index is 3.02. The molecule has 0 nitrogen and oxygen atoms in total. The van der Waals surface area contributed by atoms with Crippen molar-refractivity contribution in [3.8, 4) is 0 Å². The second kappa shape index (κ2) is 9.18. The summed E-state index contributed by atoms with van der Waals surface area (Å²) in [5, 5.41) is 0. The minimum Gasteiger partial charge on any atom is -0.162 e. The molecule has 72 valence electrons. The summed E-state index contributed by atoms with van der Waals surface area (Å²) in [7, 11) is 0. The number of hydrogen-bond acceptors (Lipinski definition) is 1. The lowest BCUT2D eigenvalue weighted by Crippen LogP contribution is -1.96. The maximum absolute atomic E-state index is 3.75. The fraction of sp³-hybridized carbons (Fsp3) is 0.818. The largest absolute Gasteiger partial charge is 0.162 e. The van der Waals surface area contributed by atoms with Crippen LogP contribution in [0, 0.1) is 5.92 Å². The maximum Gasteiger partial charge on any atom is -0.00388 e. The van der Waals surface area contributed by atoms with Crippen LogP contribution in [0.25, 0.3) is 0 Å². The van der Waals surface area contributed by atoms with Crippen LogP contribution in [0.2, 0.25) is 0 Å². The highest BCUT2D eigenvalue weighted by atomic mass is 32.2. The second-order valence-corrected chi connectivity index (χ2v) is 4.56. The summed E-state index contributed by atoms with van der Waals surface area (Å²) in [6, 6.07) is 0. The SMILES string of the molecule is C=CCC(C)CSCCCCC. The van der Waals surface area contributed by atoms with Crippen molar-refractivity contribution >= 4 is 11.8 Å². The Morgan fingerprint density at radius 2 is 2.17 bits per heavy atom. The van der Waals surface area contributed by atoms with Gasteiger partial charge in [0.1, 0.15) is 0 Å². The van der Waals surface area contributed by atoms with Crippen LogP contribution in [0.4, 0.5) is 0 Å². The molecular weight excluding hydrogens is 164 g/mol. The van der Waals surface area contributed by atoms with Gasteiger partial charge in [0.2, 0.25) is 0 Å². The van der Waals surface area contributed by atoms with E-state index in [-0.39, 0.29) is 0 Å². The summed E-state index contributed by atoms with van der Waals surface area (Å²) in [4.78, 5) is 0. The van der Waals surface area contributed by atoms with Gasteiger partial charge < -0.3 is 0 Å². The van der Waals surface area contributed by atoms with E-state index in [0.717, 1.165) is 5.92 Å². The van der Waals surface area contributed by atoms with Crippen molar-refractivity contribution < 1.29 is 0 Å². The van der Waals surface area contributed by atoms with Gasteiger partial charge in [-0.05, 0) is 30.3 Å². The third-order valence-electron chi connectivity index (χ3n) is 1.86. The normalized spacial score (nSPS) is 12.8. The quantitative estimate of drug-likeness (QED) is 0.406. The molecule has 0 fully saturated rings. The molecule has 1 unspecified atom stereocenters. The molecule has 0 saturated carbocycles. The minimum atomic E-state index is 0.814. The minimum absolute atomic E-state index is 0.814. The molecule has 1 atom stereocenters. The predicted octanol–water partition coefficient (Wildman–Crippen LogP) is 4.12. The summed E-state index contributed by atoms with van der Waals surface area (Å²) in [5.74, 6) is 3.46. The van der Waals surface area contributed by atoms with Crippen molar-refractivity contribution in [2.24, 2.45) is 5.92 Å². The van der Waals surface area contributed by atoms with Gasteiger partial charge >= 0.3 is 0 Å². The van der Waals surface area contributed by atoms with E-state index in [1.165, 1.54) is 37.2 Å². The lowest BCUT2D eigenvalue weighted by molar-refractivity contribution is 0.675. The van der Waals surface area contributed by atoms with Gasteiger partial charge in [0.05, 0.1) is 0 Å². The van der Waals surface area contributed by atoms with Crippen LogP contribution in [0.1, 0.15) is 39.5 Å². The van der Waals surface area contributed by atoms with E-state index in [1.54, 1.807) is 0 Å². The highest BCUT2D eigenvalue weighted by molar-refractivity contribution is 7.99. The lowest BCUT2D eigenvalue weighted by Gasteiger charge is -2.07. The van der Waals surface area contributed by atoms with Crippen molar-refractivity contribution in [3.05, 3.63) is 12.7 Å². The molecule has 1 heteroatoms. The van der Waals surface area contributed by atoms with E-state index in [2.05, 4.69) is 32.2 Å². The molecule has 0 aliphatic carbocycles. The average molecular weight is 186 g/mol. The first-order valence-corrected chi connectivity index (χ1v) is 6.15. The molecule has 0 rings (SSSR count). The zero-order chi connectivity index (χ0) is 9.23. The molecule has 0 aliphatic rings. The van der Waals surface area contributed by atoms with E-state index in [1.807, 2.05) is 6.08 Å². The van der Waals surface area contributed by atoms with Gasteiger partial charge in [-0.15, -0.1) is 6.58 Å². The molecule has 0 radical (unpaired) electrons. The Morgan fingerprint density at radius 3 is 2.75 bits per heavy atom. The van der Waals surface area contributed by atoms with Gasteiger partial charge in [-0.3, -0.25) is 0 Å². The highest BCUT2D eigenvalue weighted by Crippen LogP contribution is 2.13. The van der Waals surface area contributed by atoms with Gasteiger partial charge in [0.15, 0.2) is 0 Å². The fourth-order valence-corrected chi connectivity index (χ4v) is 2.20. The van der Waals surface area contributed by atoms with Crippen LogP contribution < -0.4 is 0 Å². The lowest BCUT2D eigenvalue weighted by atomic mass is 10.1. The summed E-state index contributed by atoms with van der Waals surface area (Å²) in [6.07, 6.45) is 7.31. The van der Waals surface area contributed by atoms with Gasteiger partial charge in [-0.1, -0.05) is 32.8 Å². The Morgan fingerprint density at radius 1 is 1.42 bits per heavy atom. The smallest absolute Gasteiger partial charge is 0.00388 e. The van der Waals surface area contributed by atoms with Crippen LogP contribution >= 0.6 is 11.8 Å². The summed E-state index contributed by atoms with van der Waals surface area (Å²) < 4.78 is 0. The Bertz CT molecular complexity index is 99.2. The Labute approximate surface area is 81.8 Å². The van der Waals surface area contributed by atoms with Crippen molar-refractivity contribution in [2.75, 3.05) is 11.5 Å². The predicted molar refractivity (Wildman–Crippen MR) is 60.8 cm³/mol. The van der Waals surface area contributed by atoms with Gasteiger partial charge in [-0.2, -0.15) is 11.8 Å². The summed E-state index contributed by atoms with van der Waals surface area (Å²) >= 11 is 2.09. The summed E-state index contributed by atoms with van der Waals surface area (Å²) in [5.41, 5.74) is 0. The van der Waals surface area contributed by atoms with Crippen LogP contribution in [0.5, 0.6) is 0 Å². The van der Waals surface area contributed by atoms with Crippen LogP contribution in [0.3, 0.4) is 0 Å². The zero-order valence-corrected chi connectivity index (χ0v) is 9.33. The first kappa shape index (κ1) is 12.1. The third-order valence-corrected chi connectivity index (χ3v) is 3.25. The maximum atomic E-state index is 3.75. The molecule has 0 aromatic heterocycles. The van der Waals surface area contributed by atoms with Crippen molar-refractivity contribution in [3.63, 3.8) is 0 Å². The summed E-state index contributed by atoms with van der Waals surface area (Å²) in [6.45, 7) is 8.30. The van der Waals surface area contributed by atoms with Crippen LogP contribution in [0.15, 0.2) is 12.7 Å². The molecule has 0 aliphatic heterocycles. The molecule has 0 aromatic rings. The average Bonchev–Trinajstić information content (AvgIpc) is 2.05. The topological polar surface area (TPSA) is 0 Å². The van der Waals surface area contributed by atoms with E-state index >= 15 is 0 Å². The molecule has 0 N–H and O–H groups in total. The number of allylic oxidation sites excluding steroid dienone is 1. The van der Waals surface area contributed by atoms with E-state index in [9.17, 15) is 0 Å². The molecule has 12 heavy (non-hydrogen) atoms. The van der Waals surface area contributed by atoms with Crippen molar-refractivity contribution in [2.45, 2.75) is 39.5 Å². The van der Waals surface area contributed by atoms with Crippen molar-refractivity contribution in [1.82, 2.24) is 0 Å². The van der Waals surface area contributed by atoms with Gasteiger partial charge in [-0.25, -0.2) is 0 Å². The molecule has 0 spiro atoms. The number of rotatable bonds is 8. The van der Waals surface area contributed by atoms with E-state index in [4.69, 9.17) is 0 Å². The highest BCUT2D eigenvalue weighted by Gasteiger charge is 1.98. The molecule has 0 saturated heterocycles. The van der Waals surface area contributed by atoms with E-state index in [0.29, 0.717) is 0 Å². The first-order chi connectivity index (χ1) is 5.81. The molecular formula is C11H22S.